The molecule has 0 atom stereocenters. The normalized spacial score (nSPS) is 11.4. The van der Waals surface area contributed by atoms with E-state index in [9.17, 15) is 0 Å². The number of aromatic nitrogens is 2. The summed E-state index contributed by atoms with van der Waals surface area (Å²) in [5, 5.41) is 6.66. The van der Waals surface area contributed by atoms with Crippen molar-refractivity contribution in [3.63, 3.8) is 0 Å². The Morgan fingerprint density at radius 1 is 1.11 bits per heavy atom. The highest BCUT2D eigenvalue weighted by Crippen LogP contribution is 2.11. The van der Waals surface area contributed by atoms with Gasteiger partial charge in [0.05, 0.1) is 11.0 Å². The molecule has 2 aromatic rings. The van der Waals surface area contributed by atoms with Crippen LogP contribution in [0.15, 0.2) is 29.3 Å². The van der Waals surface area contributed by atoms with Gasteiger partial charge in [0.1, 0.15) is 5.82 Å². The maximum Gasteiger partial charge on any atom is 0.191 e. The molecule has 0 amide bonds. The van der Waals surface area contributed by atoms with Crippen molar-refractivity contribution in [1.82, 2.24) is 20.6 Å². The van der Waals surface area contributed by atoms with Crippen molar-refractivity contribution >= 4 is 41.0 Å². The van der Waals surface area contributed by atoms with Gasteiger partial charge in [-0.05, 0) is 38.3 Å². The van der Waals surface area contributed by atoms with Gasteiger partial charge >= 0.3 is 0 Å². The zero-order valence-corrected chi connectivity index (χ0v) is 18.9. The average Bonchev–Trinajstić information content (AvgIpc) is 3.07. The number of hydrogen-bond acceptors (Lipinski definition) is 3. The molecule has 1 aromatic carbocycles. The van der Waals surface area contributed by atoms with Crippen LogP contribution in [0, 0.1) is 0 Å². The Bertz CT molecular complexity index is 626. The van der Waals surface area contributed by atoms with Crippen LogP contribution in [0.5, 0.6) is 0 Å². The first-order valence-corrected chi connectivity index (χ1v) is 9.87. The second-order valence-electron chi connectivity index (χ2n) is 6.31. The number of benzene rings is 1. The maximum atomic E-state index is 5.58. The monoisotopic (exact) mass is 487 g/mol. The number of aryl methyl sites for hydroxylation is 1. The smallest absolute Gasteiger partial charge is 0.191 e. The van der Waals surface area contributed by atoms with E-state index in [1.807, 2.05) is 18.2 Å². The topological polar surface area (TPSA) is 74.3 Å². The van der Waals surface area contributed by atoms with Crippen LogP contribution in [0.25, 0.3) is 11.0 Å². The summed E-state index contributed by atoms with van der Waals surface area (Å²) in [6, 6.07) is 8.13. The number of aliphatic imine (C=N–C) groups is 1. The molecular formula is C20H34IN5O. The van der Waals surface area contributed by atoms with E-state index in [1.54, 1.807) is 0 Å². The first kappa shape index (κ1) is 23.7. The molecule has 0 radical (unpaired) electrons. The summed E-state index contributed by atoms with van der Waals surface area (Å²) in [4.78, 5) is 12.6. The van der Waals surface area contributed by atoms with Crippen LogP contribution in [0.3, 0.4) is 0 Å². The van der Waals surface area contributed by atoms with Crippen LogP contribution < -0.4 is 10.6 Å². The largest absolute Gasteiger partial charge is 0.381 e. The Hall–Kier alpha value is -1.35. The summed E-state index contributed by atoms with van der Waals surface area (Å²) in [6.45, 7) is 8.45. The molecule has 0 spiro atoms. The van der Waals surface area contributed by atoms with Crippen LogP contribution >= 0.6 is 24.0 Å². The van der Waals surface area contributed by atoms with Crippen molar-refractivity contribution in [3.8, 4) is 0 Å². The van der Waals surface area contributed by atoms with E-state index in [-0.39, 0.29) is 24.0 Å². The van der Waals surface area contributed by atoms with E-state index >= 15 is 0 Å². The third kappa shape index (κ3) is 9.41. The second kappa shape index (κ2) is 14.7. The highest BCUT2D eigenvalue weighted by Gasteiger charge is 2.02. The van der Waals surface area contributed by atoms with Gasteiger partial charge < -0.3 is 20.4 Å². The number of hydrogen-bond donors (Lipinski definition) is 3. The highest BCUT2D eigenvalue weighted by atomic mass is 127. The van der Waals surface area contributed by atoms with Crippen molar-refractivity contribution in [2.24, 2.45) is 4.99 Å². The van der Waals surface area contributed by atoms with E-state index in [4.69, 9.17) is 4.74 Å². The predicted octanol–water partition coefficient (Wildman–Crippen LogP) is 3.88. The zero-order chi connectivity index (χ0) is 18.5. The molecule has 0 bridgehead atoms. The number of nitrogens with zero attached hydrogens (tertiary/aromatic N) is 2. The lowest BCUT2D eigenvalue weighted by Crippen LogP contribution is -2.38. The van der Waals surface area contributed by atoms with Gasteiger partial charge in [0.25, 0.3) is 0 Å². The average molecular weight is 487 g/mol. The molecule has 3 N–H and O–H groups in total. The number of rotatable bonds is 12. The van der Waals surface area contributed by atoms with Crippen molar-refractivity contribution < 1.29 is 4.74 Å². The molecule has 1 heterocycles. The molecule has 2 rings (SSSR count). The summed E-state index contributed by atoms with van der Waals surface area (Å²) >= 11 is 0. The minimum absolute atomic E-state index is 0. The third-order valence-electron chi connectivity index (χ3n) is 4.02. The van der Waals surface area contributed by atoms with Gasteiger partial charge in [0.15, 0.2) is 5.96 Å². The molecule has 0 aliphatic heterocycles. The summed E-state index contributed by atoms with van der Waals surface area (Å²) in [7, 11) is 0. The van der Waals surface area contributed by atoms with Crippen LogP contribution in [0.4, 0.5) is 0 Å². The Kier molecular flexibility index (Phi) is 12.9. The van der Waals surface area contributed by atoms with Gasteiger partial charge in [-0.15, -0.1) is 24.0 Å². The minimum Gasteiger partial charge on any atom is -0.381 e. The molecule has 0 saturated heterocycles. The number of imidazole rings is 1. The molecule has 1 aromatic heterocycles. The molecule has 0 saturated carbocycles. The Labute approximate surface area is 180 Å². The second-order valence-corrected chi connectivity index (χ2v) is 6.31. The number of aromatic amines is 1. The SMILES string of the molecule is CCCCOCCCNC(=NCCCc1nc2ccccc2[nH]1)NCC.I. The fraction of sp³-hybridized carbons (Fsp3) is 0.600. The molecule has 27 heavy (non-hydrogen) atoms. The Balaban J connectivity index is 0.00000364. The molecular weight excluding hydrogens is 453 g/mol. The van der Waals surface area contributed by atoms with E-state index in [1.165, 1.54) is 6.42 Å². The van der Waals surface area contributed by atoms with Crippen LogP contribution in [0.2, 0.25) is 0 Å². The zero-order valence-electron chi connectivity index (χ0n) is 16.6. The first-order valence-electron chi connectivity index (χ1n) is 9.87. The fourth-order valence-electron chi connectivity index (χ4n) is 2.63. The summed E-state index contributed by atoms with van der Waals surface area (Å²) in [5.74, 6) is 1.91. The predicted molar refractivity (Wildman–Crippen MR) is 124 cm³/mol. The van der Waals surface area contributed by atoms with Gasteiger partial charge in [0, 0.05) is 39.3 Å². The van der Waals surface area contributed by atoms with E-state index in [0.717, 1.165) is 81.3 Å². The first-order chi connectivity index (χ1) is 12.8. The lowest BCUT2D eigenvalue weighted by molar-refractivity contribution is 0.129. The Morgan fingerprint density at radius 3 is 2.70 bits per heavy atom. The maximum absolute atomic E-state index is 5.58. The molecule has 152 valence electrons. The van der Waals surface area contributed by atoms with Gasteiger partial charge in [-0.1, -0.05) is 25.5 Å². The van der Waals surface area contributed by atoms with Crippen LogP contribution in [-0.4, -0.2) is 48.8 Å². The van der Waals surface area contributed by atoms with Crippen LogP contribution in [0.1, 0.15) is 45.4 Å². The van der Waals surface area contributed by atoms with Gasteiger partial charge in [-0.2, -0.15) is 0 Å². The lowest BCUT2D eigenvalue weighted by atomic mass is 10.3. The van der Waals surface area contributed by atoms with Gasteiger partial charge in [-0.3, -0.25) is 4.99 Å². The minimum atomic E-state index is 0. The van der Waals surface area contributed by atoms with Gasteiger partial charge in [-0.25, -0.2) is 4.98 Å². The number of unbranched alkanes of at least 4 members (excludes halogenated alkanes) is 1. The van der Waals surface area contributed by atoms with Gasteiger partial charge in [0.2, 0.25) is 0 Å². The standard InChI is InChI=1S/C20H33N5O.HI/c1-3-5-15-26-16-9-14-23-20(21-4-2)22-13-8-12-19-24-17-10-6-7-11-18(17)25-19;/h6-7,10-11H,3-5,8-9,12-16H2,1-2H3,(H,24,25)(H2,21,22,23);1H. The summed E-state index contributed by atoms with van der Waals surface area (Å²) < 4.78 is 5.58. The quantitative estimate of drug-likeness (QED) is 0.184. The van der Waals surface area contributed by atoms with Crippen molar-refractivity contribution in [2.45, 2.75) is 46.0 Å². The highest BCUT2D eigenvalue weighted by molar-refractivity contribution is 14.0. The molecule has 0 unspecified atom stereocenters. The number of nitrogens with one attached hydrogen (secondary N) is 3. The number of ether oxygens (including phenoxy) is 1. The molecule has 0 aliphatic rings. The van der Waals surface area contributed by atoms with E-state index in [2.05, 4.69) is 45.5 Å². The van der Waals surface area contributed by atoms with E-state index < -0.39 is 0 Å². The number of para-hydroxylation sites is 2. The van der Waals surface area contributed by atoms with Crippen molar-refractivity contribution in [3.05, 3.63) is 30.1 Å². The third-order valence-corrected chi connectivity index (χ3v) is 4.02. The molecule has 7 heteroatoms. The van der Waals surface area contributed by atoms with Crippen molar-refractivity contribution in [1.29, 1.82) is 0 Å². The lowest BCUT2D eigenvalue weighted by Gasteiger charge is -2.11. The molecule has 6 nitrogen and oxygen atoms in total. The summed E-state index contributed by atoms with van der Waals surface area (Å²) in [6.07, 6.45) is 5.19. The van der Waals surface area contributed by atoms with E-state index in [0.29, 0.717) is 0 Å². The molecule has 0 fully saturated rings. The number of halogens is 1. The molecule has 0 aliphatic carbocycles. The van der Waals surface area contributed by atoms with Crippen LogP contribution in [-0.2, 0) is 11.2 Å². The fourth-order valence-corrected chi connectivity index (χ4v) is 2.63. The van der Waals surface area contributed by atoms with Crippen molar-refractivity contribution in [2.75, 3.05) is 32.8 Å². The number of fused-ring (bicyclic) bond motifs is 1. The number of H-pyrrole nitrogens is 1. The number of guanidine groups is 1. The summed E-state index contributed by atoms with van der Waals surface area (Å²) in [5.41, 5.74) is 2.13. The Morgan fingerprint density at radius 2 is 1.93 bits per heavy atom.